The highest BCUT2D eigenvalue weighted by atomic mass is 79.9. The van der Waals surface area contributed by atoms with E-state index >= 15 is 0 Å². The molecule has 2 aromatic carbocycles. The smallest absolute Gasteiger partial charge is 0.162 e. The van der Waals surface area contributed by atoms with Crippen LogP contribution in [0.2, 0.25) is 0 Å². The van der Waals surface area contributed by atoms with E-state index in [0.29, 0.717) is 13.2 Å². The van der Waals surface area contributed by atoms with E-state index in [4.69, 9.17) is 9.47 Å². The topological polar surface area (TPSA) is 30.5 Å². The number of benzene rings is 2. The van der Waals surface area contributed by atoms with Crippen molar-refractivity contribution in [2.45, 2.75) is 12.5 Å². The van der Waals surface area contributed by atoms with Crippen molar-refractivity contribution in [3.63, 3.8) is 0 Å². The summed E-state index contributed by atoms with van der Waals surface area (Å²) >= 11 is 3.65. The highest BCUT2D eigenvalue weighted by Gasteiger charge is 2.19. The zero-order valence-corrected chi connectivity index (χ0v) is 13.5. The van der Waals surface area contributed by atoms with Crippen LogP contribution in [-0.4, -0.2) is 20.3 Å². The van der Waals surface area contributed by atoms with E-state index in [1.807, 2.05) is 19.2 Å². The van der Waals surface area contributed by atoms with Crippen LogP contribution in [-0.2, 0) is 6.42 Å². The molecule has 1 N–H and O–H groups in total. The predicted octanol–water partition coefficient (Wildman–Crippen LogP) is 3.72. The fourth-order valence-corrected chi connectivity index (χ4v) is 3.16. The zero-order valence-electron chi connectivity index (χ0n) is 11.9. The Morgan fingerprint density at radius 3 is 2.43 bits per heavy atom. The molecule has 3 nitrogen and oxygen atoms in total. The number of halogens is 1. The third kappa shape index (κ3) is 3.22. The van der Waals surface area contributed by atoms with Crippen molar-refractivity contribution < 1.29 is 9.47 Å². The molecule has 1 unspecified atom stereocenters. The van der Waals surface area contributed by atoms with Crippen molar-refractivity contribution in [3.05, 3.63) is 58.1 Å². The second-order valence-corrected chi connectivity index (χ2v) is 5.90. The predicted molar refractivity (Wildman–Crippen MR) is 87.1 cm³/mol. The van der Waals surface area contributed by atoms with E-state index in [2.05, 4.69) is 51.6 Å². The molecule has 1 aliphatic rings. The second-order valence-electron chi connectivity index (χ2n) is 5.05. The molecule has 2 aromatic rings. The van der Waals surface area contributed by atoms with Crippen LogP contribution < -0.4 is 14.8 Å². The number of nitrogens with one attached hydrogen (secondary N) is 1. The number of hydrogen-bond acceptors (Lipinski definition) is 3. The summed E-state index contributed by atoms with van der Waals surface area (Å²) in [5.41, 5.74) is 2.49. The van der Waals surface area contributed by atoms with E-state index in [9.17, 15) is 0 Å². The summed E-state index contributed by atoms with van der Waals surface area (Å²) in [5, 5.41) is 3.39. The van der Waals surface area contributed by atoms with E-state index in [0.717, 1.165) is 22.4 Å². The number of likely N-dealkylation sites (N-methyl/N-ethyl adjacent to an activating group) is 1. The van der Waals surface area contributed by atoms with Gasteiger partial charge < -0.3 is 14.8 Å². The van der Waals surface area contributed by atoms with Crippen LogP contribution in [0.25, 0.3) is 0 Å². The van der Waals surface area contributed by atoms with Crippen LogP contribution in [0.1, 0.15) is 17.2 Å². The average molecular weight is 348 g/mol. The first-order chi connectivity index (χ1) is 10.3. The summed E-state index contributed by atoms with van der Waals surface area (Å²) in [6, 6.07) is 14.8. The molecule has 21 heavy (non-hydrogen) atoms. The Morgan fingerprint density at radius 2 is 1.76 bits per heavy atom. The van der Waals surface area contributed by atoms with Crippen molar-refractivity contribution in [1.29, 1.82) is 0 Å². The molecule has 0 saturated heterocycles. The van der Waals surface area contributed by atoms with Gasteiger partial charge in [-0.25, -0.2) is 0 Å². The molecule has 0 bridgehead atoms. The fourth-order valence-electron chi connectivity index (χ4n) is 2.56. The highest BCUT2D eigenvalue weighted by molar-refractivity contribution is 9.10. The van der Waals surface area contributed by atoms with Gasteiger partial charge in [0.2, 0.25) is 0 Å². The van der Waals surface area contributed by atoms with E-state index in [1.54, 1.807) is 0 Å². The molecule has 0 radical (unpaired) electrons. The molecule has 3 rings (SSSR count). The Labute approximate surface area is 133 Å². The van der Waals surface area contributed by atoms with Gasteiger partial charge in [0.1, 0.15) is 13.2 Å². The van der Waals surface area contributed by atoms with E-state index in [-0.39, 0.29) is 6.04 Å². The Bertz CT molecular complexity index is 616. The maximum Gasteiger partial charge on any atom is 0.162 e. The summed E-state index contributed by atoms with van der Waals surface area (Å²) in [5.74, 6) is 1.64. The van der Waals surface area contributed by atoms with Crippen LogP contribution in [0.4, 0.5) is 0 Å². The molecule has 0 aliphatic carbocycles. The van der Waals surface area contributed by atoms with Crippen LogP contribution in [0.3, 0.4) is 0 Å². The Balaban J connectivity index is 1.90. The minimum absolute atomic E-state index is 0.220. The molecule has 1 heterocycles. The highest BCUT2D eigenvalue weighted by Crippen LogP contribution is 2.38. The van der Waals surface area contributed by atoms with Crippen molar-refractivity contribution >= 4 is 15.9 Å². The van der Waals surface area contributed by atoms with Crippen LogP contribution >= 0.6 is 15.9 Å². The fraction of sp³-hybridized carbons (Fsp3) is 0.294. The van der Waals surface area contributed by atoms with Gasteiger partial charge in [-0.15, -0.1) is 0 Å². The standard InChI is InChI=1S/C17H18BrNO2/c1-19-15(9-12-5-3-2-4-6-12)13-10-16-17(11-14(13)18)21-8-7-20-16/h2-6,10-11,15,19H,7-9H2,1H3. The lowest BCUT2D eigenvalue weighted by Gasteiger charge is -2.23. The molecule has 0 spiro atoms. The normalized spacial score (nSPS) is 14.8. The Hall–Kier alpha value is -1.52. The Morgan fingerprint density at radius 1 is 1.10 bits per heavy atom. The molecular formula is C17H18BrNO2. The minimum Gasteiger partial charge on any atom is -0.486 e. The summed E-state index contributed by atoms with van der Waals surface area (Å²) in [4.78, 5) is 0. The largest absolute Gasteiger partial charge is 0.486 e. The molecule has 0 amide bonds. The van der Waals surface area contributed by atoms with Crippen molar-refractivity contribution in [1.82, 2.24) is 5.32 Å². The van der Waals surface area contributed by atoms with Gasteiger partial charge in [0.05, 0.1) is 0 Å². The molecule has 0 aromatic heterocycles. The molecule has 4 heteroatoms. The third-order valence-corrected chi connectivity index (χ3v) is 4.35. The first-order valence-electron chi connectivity index (χ1n) is 7.08. The lowest BCUT2D eigenvalue weighted by molar-refractivity contribution is 0.171. The van der Waals surface area contributed by atoms with Gasteiger partial charge in [-0.05, 0) is 36.7 Å². The minimum atomic E-state index is 0.220. The average Bonchev–Trinajstić information content (AvgIpc) is 2.53. The number of rotatable bonds is 4. The monoisotopic (exact) mass is 347 g/mol. The molecule has 110 valence electrons. The molecule has 0 saturated carbocycles. The molecular weight excluding hydrogens is 330 g/mol. The first kappa shape index (κ1) is 14.4. The van der Waals surface area contributed by atoms with Crippen LogP contribution in [0.15, 0.2) is 46.9 Å². The van der Waals surface area contributed by atoms with Gasteiger partial charge >= 0.3 is 0 Å². The summed E-state index contributed by atoms with van der Waals surface area (Å²) in [6.45, 7) is 1.22. The number of hydrogen-bond donors (Lipinski definition) is 1. The first-order valence-corrected chi connectivity index (χ1v) is 7.87. The van der Waals surface area contributed by atoms with Gasteiger partial charge in [-0.3, -0.25) is 0 Å². The maximum atomic E-state index is 5.69. The molecule has 1 aliphatic heterocycles. The summed E-state index contributed by atoms with van der Waals surface area (Å²) < 4.78 is 12.3. The quantitative estimate of drug-likeness (QED) is 0.914. The maximum absolute atomic E-state index is 5.69. The van der Waals surface area contributed by atoms with Gasteiger partial charge in [0.15, 0.2) is 11.5 Å². The van der Waals surface area contributed by atoms with Crippen molar-refractivity contribution in [2.24, 2.45) is 0 Å². The van der Waals surface area contributed by atoms with Gasteiger partial charge in [0.25, 0.3) is 0 Å². The Kier molecular flexibility index (Phi) is 4.46. The third-order valence-electron chi connectivity index (χ3n) is 3.67. The van der Waals surface area contributed by atoms with Gasteiger partial charge in [-0.2, -0.15) is 0 Å². The van der Waals surface area contributed by atoms with Crippen LogP contribution in [0.5, 0.6) is 11.5 Å². The lowest BCUT2D eigenvalue weighted by atomic mass is 9.98. The second kappa shape index (κ2) is 6.50. The van der Waals surface area contributed by atoms with E-state index < -0.39 is 0 Å². The molecule has 0 fully saturated rings. The summed E-state index contributed by atoms with van der Waals surface area (Å²) in [7, 11) is 1.98. The van der Waals surface area contributed by atoms with Gasteiger partial charge in [0, 0.05) is 10.5 Å². The summed E-state index contributed by atoms with van der Waals surface area (Å²) in [6.07, 6.45) is 0.926. The van der Waals surface area contributed by atoms with Crippen molar-refractivity contribution in [3.8, 4) is 11.5 Å². The number of fused-ring (bicyclic) bond motifs is 1. The molecule has 1 atom stereocenters. The lowest BCUT2D eigenvalue weighted by Crippen LogP contribution is -2.21. The van der Waals surface area contributed by atoms with Gasteiger partial charge in [-0.1, -0.05) is 46.3 Å². The van der Waals surface area contributed by atoms with Crippen LogP contribution in [0, 0.1) is 0 Å². The number of ether oxygens (including phenoxy) is 2. The zero-order chi connectivity index (χ0) is 14.7. The van der Waals surface area contributed by atoms with Crippen molar-refractivity contribution in [2.75, 3.05) is 20.3 Å². The SMILES string of the molecule is CNC(Cc1ccccc1)c1cc2c(cc1Br)OCCO2. The van der Waals surface area contributed by atoms with E-state index in [1.165, 1.54) is 11.1 Å².